The minimum atomic E-state index is 0.309. The zero-order valence-electron chi connectivity index (χ0n) is 10.2. The summed E-state index contributed by atoms with van der Waals surface area (Å²) in [4.78, 5) is 4.49. The number of likely N-dealkylation sites (N-methyl/N-ethyl adjacent to an activating group) is 1. The van der Waals surface area contributed by atoms with Gasteiger partial charge in [0.25, 0.3) is 0 Å². The molecule has 1 fully saturated rings. The molecule has 0 aromatic heterocycles. The highest BCUT2D eigenvalue weighted by molar-refractivity contribution is 6.33. The molecule has 2 aliphatic heterocycles. The largest absolute Gasteiger partial charge is 0.372 e. The third kappa shape index (κ3) is 1.66. The highest BCUT2D eigenvalue weighted by atomic mass is 35.5. The molecule has 2 aliphatic rings. The van der Waals surface area contributed by atoms with Gasteiger partial charge in [-0.2, -0.15) is 0 Å². The summed E-state index contributed by atoms with van der Waals surface area (Å²) in [5.74, 6) is 0. The molecule has 2 heterocycles. The summed E-state index contributed by atoms with van der Waals surface area (Å²) in [5.41, 5.74) is 3.00. The number of rotatable bonds is 0. The van der Waals surface area contributed by atoms with Crippen molar-refractivity contribution < 1.29 is 0 Å². The lowest BCUT2D eigenvalue weighted by atomic mass is 9.74. The molecule has 0 aliphatic carbocycles. The highest BCUT2D eigenvalue weighted by Gasteiger charge is 2.43. The number of benzene rings is 1. The summed E-state index contributed by atoms with van der Waals surface area (Å²) in [6.07, 6.45) is 2.38. The molecular formula is C14H18ClN2. The van der Waals surface area contributed by atoms with E-state index >= 15 is 0 Å². The van der Waals surface area contributed by atoms with Crippen LogP contribution in [0.25, 0.3) is 0 Å². The number of para-hydroxylation sites is 1. The van der Waals surface area contributed by atoms with Gasteiger partial charge in [-0.15, -0.1) is 0 Å². The van der Waals surface area contributed by atoms with Crippen LogP contribution in [0.5, 0.6) is 0 Å². The Kier molecular flexibility index (Phi) is 2.60. The number of likely N-dealkylation sites (tertiary alicyclic amines) is 1. The van der Waals surface area contributed by atoms with Crippen molar-refractivity contribution in [2.24, 2.45) is 0 Å². The van der Waals surface area contributed by atoms with Crippen molar-refractivity contribution in [2.45, 2.75) is 18.3 Å². The molecule has 0 unspecified atom stereocenters. The number of anilines is 1. The molecule has 2 nitrogen and oxygen atoms in total. The molecule has 0 N–H and O–H groups in total. The normalized spacial score (nSPS) is 23.1. The van der Waals surface area contributed by atoms with Gasteiger partial charge in [-0.1, -0.05) is 23.7 Å². The highest BCUT2D eigenvalue weighted by Crippen LogP contribution is 2.48. The average molecular weight is 250 g/mol. The van der Waals surface area contributed by atoms with Crippen LogP contribution in [0, 0.1) is 7.05 Å². The minimum Gasteiger partial charge on any atom is -0.372 e. The van der Waals surface area contributed by atoms with Gasteiger partial charge in [0.15, 0.2) is 0 Å². The number of hydrogen-bond acceptors (Lipinski definition) is 2. The molecule has 17 heavy (non-hydrogen) atoms. The lowest BCUT2D eigenvalue weighted by molar-refractivity contribution is 0.215. The first-order valence-corrected chi connectivity index (χ1v) is 6.56. The first-order valence-electron chi connectivity index (χ1n) is 6.18. The summed E-state index contributed by atoms with van der Waals surface area (Å²) in [7, 11) is 6.19. The van der Waals surface area contributed by atoms with Crippen LogP contribution in [-0.4, -0.2) is 31.6 Å². The topological polar surface area (TPSA) is 6.48 Å². The molecule has 91 valence electrons. The summed E-state index contributed by atoms with van der Waals surface area (Å²) < 4.78 is 0. The van der Waals surface area contributed by atoms with Crippen LogP contribution >= 0.6 is 11.6 Å². The Hall–Kier alpha value is -0.730. The van der Waals surface area contributed by atoms with E-state index in [4.69, 9.17) is 11.6 Å². The number of hydrogen-bond donors (Lipinski definition) is 0. The van der Waals surface area contributed by atoms with Gasteiger partial charge in [0.2, 0.25) is 0 Å². The van der Waals surface area contributed by atoms with Crippen molar-refractivity contribution in [1.29, 1.82) is 0 Å². The molecular weight excluding hydrogens is 232 g/mol. The summed E-state index contributed by atoms with van der Waals surface area (Å²) >= 11 is 6.33. The van der Waals surface area contributed by atoms with E-state index in [-0.39, 0.29) is 0 Å². The summed E-state index contributed by atoms with van der Waals surface area (Å²) in [6, 6.07) is 6.33. The van der Waals surface area contributed by atoms with Crippen molar-refractivity contribution >= 4 is 17.3 Å². The van der Waals surface area contributed by atoms with Crippen LogP contribution < -0.4 is 4.90 Å². The molecule has 3 heteroatoms. The van der Waals surface area contributed by atoms with E-state index in [1.807, 2.05) is 6.07 Å². The molecule has 1 spiro atoms. The second-order valence-electron chi connectivity index (χ2n) is 5.39. The standard InChI is InChI=1S/C14H18ClN2/c1-16-8-6-14(7-9-16)10-17(2)13-11(14)4-3-5-12(13)15/h3-5H,1,6-10H2,2H3. The van der Waals surface area contributed by atoms with Crippen LogP contribution in [0.4, 0.5) is 5.69 Å². The van der Waals surface area contributed by atoms with E-state index in [1.165, 1.54) is 24.1 Å². The van der Waals surface area contributed by atoms with E-state index in [2.05, 4.69) is 36.0 Å². The third-order valence-electron chi connectivity index (χ3n) is 4.29. The fraction of sp³-hybridized carbons (Fsp3) is 0.500. The Morgan fingerprint density at radius 2 is 2.00 bits per heavy atom. The Balaban J connectivity index is 2.04. The molecule has 1 aromatic rings. The predicted octanol–water partition coefficient (Wildman–Crippen LogP) is 2.91. The molecule has 0 atom stereocenters. The number of halogens is 1. The smallest absolute Gasteiger partial charge is 0.0642 e. The molecule has 1 aromatic carbocycles. The maximum atomic E-state index is 6.33. The van der Waals surface area contributed by atoms with Gasteiger partial charge in [-0.25, -0.2) is 0 Å². The van der Waals surface area contributed by atoms with Crippen molar-refractivity contribution in [1.82, 2.24) is 4.90 Å². The van der Waals surface area contributed by atoms with Crippen LogP contribution in [0.1, 0.15) is 18.4 Å². The molecule has 0 amide bonds. The van der Waals surface area contributed by atoms with Crippen LogP contribution in [0.15, 0.2) is 18.2 Å². The first-order chi connectivity index (χ1) is 8.12. The zero-order chi connectivity index (χ0) is 12.0. The molecule has 3 rings (SSSR count). The van der Waals surface area contributed by atoms with Gasteiger partial charge in [0.1, 0.15) is 0 Å². The van der Waals surface area contributed by atoms with Crippen molar-refractivity contribution in [3.63, 3.8) is 0 Å². The van der Waals surface area contributed by atoms with Gasteiger partial charge in [-0.05, 0) is 37.6 Å². The summed E-state index contributed by atoms with van der Waals surface area (Å²) in [5, 5.41) is 0.888. The predicted molar refractivity (Wildman–Crippen MR) is 72.6 cm³/mol. The van der Waals surface area contributed by atoms with Crippen LogP contribution in [0.3, 0.4) is 0 Å². The molecule has 0 bridgehead atoms. The Morgan fingerprint density at radius 3 is 2.71 bits per heavy atom. The number of nitrogens with zero attached hydrogens (tertiary/aromatic N) is 2. The van der Waals surface area contributed by atoms with Crippen LogP contribution in [0.2, 0.25) is 5.02 Å². The van der Waals surface area contributed by atoms with E-state index < -0.39 is 0 Å². The second kappa shape index (κ2) is 3.89. The van der Waals surface area contributed by atoms with Gasteiger partial charge < -0.3 is 9.80 Å². The van der Waals surface area contributed by atoms with E-state index in [9.17, 15) is 0 Å². The first kappa shape index (κ1) is 11.4. The van der Waals surface area contributed by atoms with Gasteiger partial charge >= 0.3 is 0 Å². The van der Waals surface area contributed by atoms with Gasteiger partial charge in [0.05, 0.1) is 10.7 Å². The van der Waals surface area contributed by atoms with Crippen molar-refractivity contribution in [2.75, 3.05) is 31.6 Å². The summed E-state index contributed by atoms with van der Waals surface area (Å²) in [6.45, 7) is 3.26. The molecule has 1 saturated heterocycles. The van der Waals surface area contributed by atoms with E-state index in [0.29, 0.717) is 5.41 Å². The SMILES string of the molecule is [CH2]N1CCC2(CC1)CN(C)c1c(Cl)cccc12. The molecule has 0 saturated carbocycles. The van der Waals surface area contributed by atoms with Gasteiger partial charge in [-0.3, -0.25) is 0 Å². The maximum absolute atomic E-state index is 6.33. The fourth-order valence-electron chi connectivity index (χ4n) is 3.36. The third-order valence-corrected chi connectivity index (χ3v) is 4.60. The quantitative estimate of drug-likeness (QED) is 0.698. The maximum Gasteiger partial charge on any atom is 0.0642 e. The lowest BCUT2D eigenvalue weighted by Gasteiger charge is -2.38. The average Bonchev–Trinajstić information content (AvgIpc) is 2.58. The zero-order valence-corrected chi connectivity index (χ0v) is 11.0. The van der Waals surface area contributed by atoms with Crippen molar-refractivity contribution in [3.05, 3.63) is 35.8 Å². The fourth-order valence-corrected chi connectivity index (χ4v) is 3.68. The van der Waals surface area contributed by atoms with E-state index in [1.54, 1.807) is 0 Å². The Morgan fingerprint density at radius 1 is 1.29 bits per heavy atom. The second-order valence-corrected chi connectivity index (χ2v) is 5.80. The van der Waals surface area contributed by atoms with Crippen molar-refractivity contribution in [3.8, 4) is 0 Å². The number of fused-ring (bicyclic) bond motifs is 2. The van der Waals surface area contributed by atoms with Gasteiger partial charge in [0, 0.05) is 26.1 Å². The minimum absolute atomic E-state index is 0.309. The molecule has 1 radical (unpaired) electrons. The Labute approximate surface area is 108 Å². The monoisotopic (exact) mass is 249 g/mol. The lowest BCUT2D eigenvalue weighted by Crippen LogP contribution is -2.42. The van der Waals surface area contributed by atoms with E-state index in [0.717, 1.165) is 24.7 Å². The van der Waals surface area contributed by atoms with Crippen LogP contribution in [-0.2, 0) is 5.41 Å². The number of piperidine rings is 1. The Bertz CT molecular complexity index is 436.